The zero-order valence-electron chi connectivity index (χ0n) is 29.0. The van der Waals surface area contributed by atoms with E-state index in [-0.39, 0.29) is 41.7 Å². The number of Topliss-reactive ketones (excluding diaryl/α,β-unsaturated/α-hetero) is 1. The predicted octanol–water partition coefficient (Wildman–Crippen LogP) is 6.78. The van der Waals surface area contributed by atoms with Crippen molar-refractivity contribution in [1.82, 2.24) is 4.90 Å². The van der Waals surface area contributed by atoms with Crippen molar-refractivity contribution in [2.24, 2.45) is 33.5 Å². The van der Waals surface area contributed by atoms with E-state index in [2.05, 4.69) is 37.4 Å². The summed E-state index contributed by atoms with van der Waals surface area (Å²) < 4.78 is 17.0. The first-order valence-corrected chi connectivity index (χ1v) is 18.2. The minimum atomic E-state index is -1.18. The summed E-state index contributed by atoms with van der Waals surface area (Å²) >= 11 is 0. The van der Waals surface area contributed by atoms with Crippen molar-refractivity contribution >= 4 is 17.5 Å². The van der Waals surface area contributed by atoms with Crippen LogP contribution < -0.4 is 10.1 Å². The van der Waals surface area contributed by atoms with Gasteiger partial charge < -0.3 is 34.3 Å². The van der Waals surface area contributed by atoms with Gasteiger partial charge in [0.05, 0.1) is 37.7 Å². The van der Waals surface area contributed by atoms with E-state index in [1.165, 1.54) is 0 Å². The molecule has 9 atom stereocenters. The monoisotopic (exact) mass is 670 g/mol. The normalized spacial score (nSPS) is 40.2. The Bertz CT molecular complexity index is 1660. The van der Waals surface area contributed by atoms with Crippen LogP contribution in [0.4, 0.5) is 10.5 Å². The number of amides is 2. The molecule has 9 unspecified atom stereocenters. The Kier molecular flexibility index (Phi) is 7.74. The molecule has 1 saturated heterocycles. The van der Waals surface area contributed by atoms with E-state index < -0.39 is 27.9 Å². The molecule has 2 amide bonds. The number of ether oxygens (including phenoxy) is 2. The molecule has 2 aromatic rings. The van der Waals surface area contributed by atoms with E-state index in [4.69, 9.17) is 13.9 Å². The van der Waals surface area contributed by atoms with Gasteiger partial charge in [0.25, 0.3) is 0 Å². The summed E-state index contributed by atoms with van der Waals surface area (Å²) in [5.74, 6) is 1.09. The van der Waals surface area contributed by atoms with Gasteiger partial charge in [-0.2, -0.15) is 0 Å². The van der Waals surface area contributed by atoms with Gasteiger partial charge >= 0.3 is 6.03 Å². The second kappa shape index (κ2) is 11.6. The third-order valence-electron chi connectivity index (χ3n) is 14.2. The molecule has 2 heterocycles. The van der Waals surface area contributed by atoms with Crippen molar-refractivity contribution in [2.45, 2.75) is 89.4 Å². The molecule has 262 valence electrons. The maximum absolute atomic E-state index is 14.5. The first-order valence-electron chi connectivity index (χ1n) is 18.2. The van der Waals surface area contributed by atoms with Gasteiger partial charge in [-0.15, -0.1) is 0 Å². The summed E-state index contributed by atoms with van der Waals surface area (Å²) in [6.45, 7) is 5.82. The van der Waals surface area contributed by atoms with E-state index >= 15 is 0 Å². The molecular formula is C40H50N2O7. The molecule has 3 N–H and O–H groups in total. The highest BCUT2D eigenvalue weighted by molar-refractivity contribution is 6.08. The zero-order chi connectivity index (χ0) is 34.2. The molecule has 9 heteroatoms. The Balaban J connectivity index is 1.15. The molecule has 49 heavy (non-hydrogen) atoms. The molecule has 0 radical (unpaired) electrons. The Hall–Kier alpha value is -3.40. The minimum absolute atomic E-state index is 0.0265. The van der Waals surface area contributed by atoms with E-state index in [0.717, 1.165) is 50.5 Å². The number of ketones is 1. The van der Waals surface area contributed by atoms with Gasteiger partial charge in [-0.25, -0.2) is 4.79 Å². The van der Waals surface area contributed by atoms with Gasteiger partial charge in [-0.3, -0.25) is 4.79 Å². The van der Waals surface area contributed by atoms with Crippen LogP contribution in [0.25, 0.3) is 0 Å². The van der Waals surface area contributed by atoms with Gasteiger partial charge in [0.2, 0.25) is 5.78 Å². The number of aliphatic hydroxyl groups excluding tert-OH is 1. The first kappa shape index (κ1) is 32.8. The van der Waals surface area contributed by atoms with Crippen LogP contribution in [-0.2, 0) is 4.74 Å². The number of rotatable bonds is 8. The fraction of sp³-hybridized carbons (Fsp3) is 0.600. The van der Waals surface area contributed by atoms with Crippen LogP contribution in [-0.4, -0.2) is 71.5 Å². The van der Waals surface area contributed by atoms with Gasteiger partial charge in [0.1, 0.15) is 5.75 Å². The number of methoxy groups -OCH3 is 1. The van der Waals surface area contributed by atoms with Crippen LogP contribution in [0.5, 0.6) is 5.75 Å². The SMILES string of the molecule is COc1ccc(NC(=O)N(CC2CCCO2)CC2(O)CCC3C45C=CC6(C=C4C(=O)c4ccco4)CC(O)CCC6(C)C5CCC32C)cc1. The average molecular weight is 671 g/mol. The molecule has 4 fully saturated rings. The largest absolute Gasteiger partial charge is 0.497 e. The van der Waals surface area contributed by atoms with Crippen LogP contribution in [0.2, 0.25) is 0 Å². The fourth-order valence-corrected chi connectivity index (χ4v) is 11.6. The number of benzene rings is 1. The number of aliphatic hydroxyl groups is 2. The second-order valence-electron chi connectivity index (χ2n) is 16.3. The maximum atomic E-state index is 14.5. The number of anilines is 1. The summed E-state index contributed by atoms with van der Waals surface area (Å²) in [5, 5.41) is 27.0. The van der Waals surface area contributed by atoms with Gasteiger partial charge in [-0.05, 0) is 111 Å². The lowest BCUT2D eigenvalue weighted by atomic mass is 9.32. The van der Waals surface area contributed by atoms with Crippen LogP contribution in [0, 0.1) is 33.5 Å². The lowest BCUT2D eigenvalue weighted by Gasteiger charge is -2.71. The molecule has 2 spiro atoms. The summed E-state index contributed by atoms with van der Waals surface area (Å²) in [5.41, 5.74) is -1.47. The molecule has 1 aromatic carbocycles. The highest BCUT2D eigenvalue weighted by Crippen LogP contribution is 2.78. The minimum Gasteiger partial charge on any atom is -0.497 e. The van der Waals surface area contributed by atoms with Crippen LogP contribution in [0.1, 0.15) is 82.2 Å². The lowest BCUT2D eigenvalue weighted by Crippen LogP contribution is -2.67. The number of furan rings is 1. The summed E-state index contributed by atoms with van der Waals surface area (Å²) in [7, 11) is 1.61. The summed E-state index contributed by atoms with van der Waals surface area (Å²) in [6.07, 6.45) is 14.8. The highest BCUT2D eigenvalue weighted by Gasteiger charge is 2.74. The van der Waals surface area contributed by atoms with E-state index in [1.807, 2.05) is 24.3 Å². The number of nitrogens with one attached hydrogen (secondary N) is 1. The number of fused-ring (bicyclic) bond motifs is 1. The maximum Gasteiger partial charge on any atom is 0.322 e. The van der Waals surface area contributed by atoms with Gasteiger partial charge in [-0.1, -0.05) is 32.1 Å². The Labute approximate surface area is 288 Å². The third-order valence-corrected chi connectivity index (χ3v) is 14.2. The van der Waals surface area contributed by atoms with Crippen molar-refractivity contribution in [3.05, 3.63) is 72.2 Å². The Morgan fingerprint density at radius 1 is 1.00 bits per heavy atom. The number of hydrogen-bond acceptors (Lipinski definition) is 7. The standard InChI is InChI=1S/C40H50N2O7/c1-36-15-12-27(43)22-38(36)18-19-40(30(23-38)34(44)31-7-5-21-49-31)32(36)13-16-37(2)33(40)14-17-39(37,46)25-42(24-29-6-4-20-48-29)35(45)41-26-8-10-28(47-3)11-9-26/h5,7-11,18-19,21,23,27,29,32-33,43,46H,4,6,12-17,20,22,24-25H2,1-3H3,(H,41,45). The number of hydrogen-bond donors (Lipinski definition) is 3. The second-order valence-corrected chi connectivity index (χ2v) is 16.3. The zero-order valence-corrected chi connectivity index (χ0v) is 29.0. The van der Waals surface area contributed by atoms with Crippen LogP contribution in [0.15, 0.2) is 70.9 Å². The van der Waals surface area contributed by atoms with Crippen molar-refractivity contribution in [3.8, 4) is 5.75 Å². The molecular weight excluding hydrogens is 620 g/mol. The number of allylic oxidation sites excluding steroid dienone is 4. The molecule has 1 aliphatic heterocycles. The Morgan fingerprint density at radius 3 is 2.47 bits per heavy atom. The molecule has 6 aliphatic carbocycles. The number of carbonyl (C=O) groups is 2. The highest BCUT2D eigenvalue weighted by atomic mass is 16.5. The molecule has 1 aromatic heterocycles. The average Bonchev–Trinajstić information content (AvgIpc) is 3.87. The van der Waals surface area contributed by atoms with Gasteiger partial charge in [0, 0.05) is 40.7 Å². The van der Waals surface area contributed by atoms with E-state index in [9.17, 15) is 19.8 Å². The first-order chi connectivity index (χ1) is 23.5. The Morgan fingerprint density at radius 2 is 1.76 bits per heavy atom. The smallest absolute Gasteiger partial charge is 0.322 e. The fourth-order valence-electron chi connectivity index (χ4n) is 11.6. The summed E-state index contributed by atoms with van der Waals surface area (Å²) in [6, 6.07) is 10.5. The van der Waals surface area contributed by atoms with Crippen LogP contribution >= 0.6 is 0 Å². The van der Waals surface area contributed by atoms with Gasteiger partial charge in [0.15, 0.2) is 5.76 Å². The molecule has 2 bridgehead atoms. The van der Waals surface area contributed by atoms with Crippen LogP contribution in [0.3, 0.4) is 0 Å². The van der Waals surface area contributed by atoms with Crippen molar-refractivity contribution < 1.29 is 33.7 Å². The lowest BCUT2D eigenvalue weighted by molar-refractivity contribution is -0.175. The molecule has 9 nitrogen and oxygen atoms in total. The molecule has 9 rings (SSSR count). The summed E-state index contributed by atoms with van der Waals surface area (Å²) in [4.78, 5) is 30.3. The third kappa shape index (κ3) is 4.75. The van der Waals surface area contributed by atoms with Crippen molar-refractivity contribution in [2.75, 3.05) is 32.1 Å². The molecule has 3 saturated carbocycles. The topological polar surface area (TPSA) is 121 Å². The number of carbonyl (C=O) groups excluding carboxylic acids is 2. The van der Waals surface area contributed by atoms with E-state index in [1.54, 1.807) is 30.4 Å². The van der Waals surface area contributed by atoms with Crippen molar-refractivity contribution in [3.63, 3.8) is 0 Å². The van der Waals surface area contributed by atoms with Crippen molar-refractivity contribution in [1.29, 1.82) is 0 Å². The van der Waals surface area contributed by atoms with E-state index in [0.29, 0.717) is 43.2 Å². The number of nitrogens with zero attached hydrogens (tertiary/aromatic N) is 1. The number of urea groups is 1. The predicted molar refractivity (Wildman–Crippen MR) is 184 cm³/mol. The quantitative estimate of drug-likeness (QED) is 0.209. The molecule has 7 aliphatic rings.